The van der Waals surface area contributed by atoms with Gasteiger partial charge in [-0.3, -0.25) is 4.90 Å². The molecule has 118 valence electrons. The van der Waals surface area contributed by atoms with Gasteiger partial charge in [0.1, 0.15) is 5.82 Å². The normalized spacial score (nSPS) is 21.7. The fourth-order valence-corrected chi connectivity index (χ4v) is 3.12. The van der Waals surface area contributed by atoms with Gasteiger partial charge in [0.25, 0.3) is 0 Å². The van der Waals surface area contributed by atoms with Crippen LogP contribution >= 0.6 is 0 Å². The molecule has 2 N–H and O–H groups in total. The number of hydrogen-bond acceptors (Lipinski definition) is 3. The van der Waals surface area contributed by atoms with Gasteiger partial charge in [-0.05, 0) is 50.4 Å². The van der Waals surface area contributed by atoms with Crippen LogP contribution in [-0.2, 0) is 11.2 Å². The molecule has 2 unspecified atom stereocenters. The first kappa shape index (κ1) is 16.4. The van der Waals surface area contributed by atoms with Crippen LogP contribution in [0.2, 0.25) is 0 Å². The second-order valence-electron chi connectivity index (χ2n) is 6.18. The second-order valence-corrected chi connectivity index (χ2v) is 6.18. The highest BCUT2D eigenvalue weighted by Crippen LogP contribution is 2.23. The largest absolute Gasteiger partial charge is 0.377 e. The van der Waals surface area contributed by atoms with Gasteiger partial charge in [0, 0.05) is 25.2 Å². The van der Waals surface area contributed by atoms with E-state index in [-0.39, 0.29) is 11.4 Å². The van der Waals surface area contributed by atoms with Crippen molar-refractivity contribution >= 4 is 0 Å². The van der Waals surface area contributed by atoms with E-state index in [1.165, 1.54) is 12.1 Å². The average molecular weight is 294 g/mol. The summed E-state index contributed by atoms with van der Waals surface area (Å²) in [6, 6.07) is 6.73. The van der Waals surface area contributed by atoms with Crippen molar-refractivity contribution < 1.29 is 9.13 Å². The number of benzene rings is 1. The van der Waals surface area contributed by atoms with Crippen molar-refractivity contribution in [2.45, 2.75) is 44.8 Å². The topological polar surface area (TPSA) is 38.5 Å². The van der Waals surface area contributed by atoms with Gasteiger partial charge in [-0.1, -0.05) is 19.1 Å². The maximum atomic E-state index is 13.0. The van der Waals surface area contributed by atoms with Crippen LogP contribution in [0.4, 0.5) is 4.39 Å². The number of hydrogen-bond donors (Lipinski definition) is 1. The molecule has 1 aromatic rings. The number of likely N-dealkylation sites (N-methyl/N-ethyl adjacent to an activating group) is 1. The zero-order valence-corrected chi connectivity index (χ0v) is 13.1. The molecule has 2 atom stereocenters. The highest BCUT2D eigenvalue weighted by molar-refractivity contribution is 5.19. The van der Waals surface area contributed by atoms with Gasteiger partial charge in [-0.15, -0.1) is 0 Å². The van der Waals surface area contributed by atoms with Crippen LogP contribution in [0, 0.1) is 5.82 Å². The Labute approximate surface area is 127 Å². The molecule has 3 nitrogen and oxygen atoms in total. The number of halogens is 1. The summed E-state index contributed by atoms with van der Waals surface area (Å²) in [5.41, 5.74) is 7.07. The van der Waals surface area contributed by atoms with E-state index in [1.54, 1.807) is 0 Å². The summed E-state index contributed by atoms with van der Waals surface area (Å²) in [6.45, 7) is 7.66. The molecule has 0 bridgehead atoms. The Kier molecular flexibility index (Phi) is 5.73. The van der Waals surface area contributed by atoms with Crippen LogP contribution in [0.3, 0.4) is 0 Å². The van der Waals surface area contributed by atoms with E-state index in [9.17, 15) is 4.39 Å². The molecular formula is C17H27FN2O. The fraction of sp³-hybridized carbons (Fsp3) is 0.647. The third-order valence-corrected chi connectivity index (χ3v) is 4.53. The molecule has 1 saturated heterocycles. The summed E-state index contributed by atoms with van der Waals surface area (Å²) in [4.78, 5) is 2.41. The van der Waals surface area contributed by atoms with Crippen molar-refractivity contribution in [1.29, 1.82) is 0 Å². The van der Waals surface area contributed by atoms with Gasteiger partial charge < -0.3 is 10.5 Å². The van der Waals surface area contributed by atoms with Crippen molar-refractivity contribution in [3.05, 3.63) is 35.6 Å². The lowest BCUT2D eigenvalue weighted by molar-refractivity contribution is 0.0309. The average Bonchev–Trinajstić information content (AvgIpc) is 3.00. The Morgan fingerprint density at radius 2 is 2.10 bits per heavy atom. The lowest BCUT2D eigenvalue weighted by Gasteiger charge is -2.41. The smallest absolute Gasteiger partial charge is 0.123 e. The number of ether oxygens (including phenoxy) is 1. The molecule has 2 rings (SSSR count). The summed E-state index contributed by atoms with van der Waals surface area (Å²) >= 11 is 0. The Morgan fingerprint density at radius 3 is 2.62 bits per heavy atom. The molecule has 0 spiro atoms. The zero-order chi connectivity index (χ0) is 15.3. The Balaban J connectivity index is 2.07. The molecule has 0 aromatic heterocycles. The van der Waals surface area contributed by atoms with Crippen molar-refractivity contribution in [1.82, 2.24) is 4.90 Å². The molecule has 1 aliphatic rings. The zero-order valence-electron chi connectivity index (χ0n) is 13.1. The van der Waals surface area contributed by atoms with Gasteiger partial charge in [0.2, 0.25) is 0 Å². The molecule has 1 fully saturated rings. The van der Waals surface area contributed by atoms with Crippen LogP contribution in [0.25, 0.3) is 0 Å². The Hall–Kier alpha value is -0.970. The van der Waals surface area contributed by atoms with Crippen molar-refractivity contribution in [2.75, 3.05) is 26.2 Å². The van der Waals surface area contributed by atoms with E-state index >= 15 is 0 Å². The van der Waals surface area contributed by atoms with Crippen molar-refractivity contribution in [3.63, 3.8) is 0 Å². The van der Waals surface area contributed by atoms with Gasteiger partial charge in [0.15, 0.2) is 0 Å². The monoisotopic (exact) mass is 294 g/mol. The summed E-state index contributed by atoms with van der Waals surface area (Å²) in [5.74, 6) is -0.195. The predicted molar refractivity (Wildman–Crippen MR) is 83.8 cm³/mol. The van der Waals surface area contributed by atoms with Crippen molar-refractivity contribution in [2.24, 2.45) is 5.73 Å². The second kappa shape index (κ2) is 7.34. The van der Waals surface area contributed by atoms with Crippen LogP contribution < -0.4 is 5.73 Å². The number of rotatable bonds is 7. The molecule has 21 heavy (non-hydrogen) atoms. The standard InChI is InChI=1S/C17H27FN2O/c1-3-20(12-16-5-4-10-21-16)17(2,13-19)11-14-6-8-15(18)9-7-14/h6-9,16H,3-5,10-13,19H2,1-2H3. The van der Waals surface area contributed by atoms with E-state index in [4.69, 9.17) is 10.5 Å². The summed E-state index contributed by atoms with van der Waals surface area (Å²) in [7, 11) is 0. The molecule has 1 aromatic carbocycles. The summed E-state index contributed by atoms with van der Waals surface area (Å²) < 4.78 is 18.8. The Morgan fingerprint density at radius 1 is 1.38 bits per heavy atom. The summed E-state index contributed by atoms with van der Waals surface area (Å²) in [6.07, 6.45) is 3.43. The molecule has 0 aliphatic carbocycles. The molecule has 0 radical (unpaired) electrons. The highest BCUT2D eigenvalue weighted by atomic mass is 19.1. The third-order valence-electron chi connectivity index (χ3n) is 4.53. The van der Waals surface area contributed by atoms with Gasteiger partial charge in [-0.25, -0.2) is 4.39 Å². The number of nitrogens with zero attached hydrogens (tertiary/aromatic N) is 1. The van der Waals surface area contributed by atoms with Gasteiger partial charge in [0.05, 0.1) is 6.10 Å². The van der Waals surface area contributed by atoms with Gasteiger partial charge in [-0.2, -0.15) is 0 Å². The lowest BCUT2D eigenvalue weighted by atomic mass is 9.90. The Bertz CT molecular complexity index is 431. The van der Waals surface area contributed by atoms with Crippen LogP contribution in [0.1, 0.15) is 32.3 Å². The highest BCUT2D eigenvalue weighted by Gasteiger charge is 2.32. The third kappa shape index (κ3) is 4.25. The van der Waals surface area contributed by atoms with Gasteiger partial charge >= 0.3 is 0 Å². The number of nitrogens with two attached hydrogens (primary N) is 1. The first-order chi connectivity index (χ1) is 10.1. The molecule has 0 saturated carbocycles. The first-order valence-corrected chi connectivity index (χ1v) is 7.88. The fourth-order valence-electron chi connectivity index (χ4n) is 3.12. The molecule has 1 aliphatic heterocycles. The molecular weight excluding hydrogens is 267 g/mol. The summed E-state index contributed by atoms with van der Waals surface area (Å²) in [5, 5.41) is 0. The minimum atomic E-state index is -0.195. The van der Waals surface area contributed by atoms with E-state index < -0.39 is 0 Å². The van der Waals surface area contributed by atoms with Crippen molar-refractivity contribution in [3.8, 4) is 0 Å². The minimum absolute atomic E-state index is 0.126. The predicted octanol–water partition coefficient (Wildman–Crippen LogP) is 2.59. The van der Waals surface area contributed by atoms with E-state index in [0.29, 0.717) is 12.6 Å². The van der Waals surface area contributed by atoms with Crippen LogP contribution in [-0.4, -0.2) is 42.8 Å². The van der Waals surface area contributed by atoms with E-state index in [2.05, 4.69) is 18.7 Å². The first-order valence-electron chi connectivity index (χ1n) is 7.88. The molecule has 0 amide bonds. The lowest BCUT2D eigenvalue weighted by Crippen LogP contribution is -2.55. The van der Waals surface area contributed by atoms with Crippen LogP contribution in [0.5, 0.6) is 0 Å². The van der Waals surface area contributed by atoms with E-state index in [0.717, 1.165) is 44.5 Å². The quantitative estimate of drug-likeness (QED) is 0.840. The van der Waals surface area contributed by atoms with E-state index in [1.807, 2.05) is 12.1 Å². The van der Waals surface area contributed by atoms with Crippen LogP contribution in [0.15, 0.2) is 24.3 Å². The molecule has 4 heteroatoms. The maximum Gasteiger partial charge on any atom is 0.123 e. The SMILES string of the molecule is CCN(CC1CCCO1)C(C)(CN)Cc1ccc(F)cc1. The minimum Gasteiger partial charge on any atom is -0.377 e. The maximum absolute atomic E-state index is 13.0. The molecule has 1 heterocycles.